The summed E-state index contributed by atoms with van der Waals surface area (Å²) in [6.07, 6.45) is -4.64. The van der Waals surface area contributed by atoms with Gasteiger partial charge in [-0.15, -0.1) is 0 Å². The van der Waals surface area contributed by atoms with Crippen molar-refractivity contribution in [2.75, 3.05) is 6.54 Å². The van der Waals surface area contributed by atoms with Crippen molar-refractivity contribution in [2.45, 2.75) is 31.0 Å². The topological polar surface area (TPSA) is 75.3 Å². The van der Waals surface area contributed by atoms with Gasteiger partial charge in [0.15, 0.2) is 0 Å². The average molecular weight is 324 g/mol. The minimum atomic E-state index is -4.64. The number of carbonyl (C=O) groups is 1. The Balaban J connectivity index is 3.01. The highest BCUT2D eigenvalue weighted by Gasteiger charge is 2.32. The van der Waals surface area contributed by atoms with Crippen LogP contribution in [0.5, 0.6) is 0 Å². The maximum absolute atomic E-state index is 12.6. The number of rotatable bonds is 5. The molecule has 0 radical (unpaired) electrons. The number of halogens is 3. The van der Waals surface area contributed by atoms with Gasteiger partial charge in [-0.05, 0) is 32.0 Å². The van der Waals surface area contributed by atoms with Crippen LogP contribution in [0.1, 0.15) is 19.4 Å². The molecule has 0 saturated heterocycles. The zero-order valence-corrected chi connectivity index (χ0v) is 12.2. The summed E-state index contributed by atoms with van der Waals surface area (Å²) in [7, 11) is -4.22. The van der Waals surface area contributed by atoms with E-state index in [4.69, 9.17) is 0 Å². The van der Waals surface area contributed by atoms with Crippen LogP contribution in [0, 0.1) is 0 Å². The normalized spacial score (nSPS) is 13.8. The molecular weight excluding hydrogens is 309 g/mol. The van der Waals surface area contributed by atoms with Gasteiger partial charge in [-0.1, -0.05) is 6.07 Å². The van der Waals surface area contributed by atoms with E-state index in [0.717, 1.165) is 18.2 Å². The van der Waals surface area contributed by atoms with E-state index in [0.29, 0.717) is 12.6 Å². The Hall–Kier alpha value is -1.61. The number of likely N-dealkylation sites (N-methyl/N-ethyl adjacent to an activating group) is 1. The third-order valence-corrected chi connectivity index (χ3v) is 4.09. The van der Waals surface area contributed by atoms with Crippen molar-refractivity contribution in [1.82, 2.24) is 10.0 Å². The van der Waals surface area contributed by atoms with Gasteiger partial charge in [-0.3, -0.25) is 4.79 Å². The lowest BCUT2D eigenvalue weighted by Gasteiger charge is -2.14. The molecule has 9 heteroatoms. The Morgan fingerprint density at radius 1 is 1.33 bits per heavy atom. The van der Waals surface area contributed by atoms with Crippen molar-refractivity contribution < 1.29 is 26.4 Å². The third kappa shape index (κ3) is 4.71. The molecule has 5 nitrogen and oxygen atoms in total. The standard InChI is InChI=1S/C12H15F3N2O3S/c1-3-16-11(18)8(2)17-21(19,20)10-6-4-5-9(7-10)12(13,14)15/h4-8,17H,3H2,1-2H3,(H,16,18)/t8-/m0/s1. The van der Waals surface area contributed by atoms with E-state index >= 15 is 0 Å². The monoisotopic (exact) mass is 324 g/mol. The van der Waals surface area contributed by atoms with Gasteiger partial charge < -0.3 is 5.32 Å². The molecule has 2 N–H and O–H groups in total. The van der Waals surface area contributed by atoms with Crippen LogP contribution in [-0.2, 0) is 21.0 Å². The SMILES string of the molecule is CCNC(=O)[C@H](C)NS(=O)(=O)c1cccc(C(F)(F)F)c1. The summed E-state index contributed by atoms with van der Waals surface area (Å²) in [6, 6.07) is 2.22. The van der Waals surface area contributed by atoms with Gasteiger partial charge in [0, 0.05) is 6.54 Å². The first-order chi connectivity index (χ1) is 9.58. The van der Waals surface area contributed by atoms with E-state index in [2.05, 4.69) is 5.32 Å². The second-order valence-electron chi connectivity index (χ2n) is 4.26. The molecule has 1 aromatic rings. The number of hydrogen-bond acceptors (Lipinski definition) is 3. The highest BCUT2D eigenvalue weighted by Crippen LogP contribution is 2.30. The zero-order chi connectivity index (χ0) is 16.3. The van der Waals surface area contributed by atoms with Crippen molar-refractivity contribution >= 4 is 15.9 Å². The average Bonchev–Trinajstić information content (AvgIpc) is 2.37. The fourth-order valence-corrected chi connectivity index (χ4v) is 2.77. The summed E-state index contributed by atoms with van der Waals surface area (Å²) >= 11 is 0. The van der Waals surface area contributed by atoms with Gasteiger partial charge in [0.05, 0.1) is 16.5 Å². The van der Waals surface area contributed by atoms with Gasteiger partial charge in [-0.25, -0.2) is 8.42 Å². The van der Waals surface area contributed by atoms with Crippen molar-refractivity contribution in [3.05, 3.63) is 29.8 Å². The lowest BCUT2D eigenvalue weighted by atomic mass is 10.2. The van der Waals surface area contributed by atoms with Gasteiger partial charge in [-0.2, -0.15) is 17.9 Å². The number of amides is 1. The molecule has 1 atom stereocenters. The number of benzene rings is 1. The summed E-state index contributed by atoms with van der Waals surface area (Å²) in [4.78, 5) is 10.9. The lowest BCUT2D eigenvalue weighted by Crippen LogP contribution is -2.44. The molecule has 0 aromatic heterocycles. The molecule has 0 aliphatic heterocycles. The molecule has 0 bridgehead atoms. The van der Waals surface area contributed by atoms with Crippen LogP contribution < -0.4 is 10.0 Å². The minimum absolute atomic E-state index is 0.314. The summed E-state index contributed by atoms with van der Waals surface area (Å²) in [5.41, 5.74) is -1.07. The highest BCUT2D eigenvalue weighted by molar-refractivity contribution is 7.89. The maximum atomic E-state index is 12.6. The molecule has 1 amide bonds. The van der Waals surface area contributed by atoms with Crippen LogP contribution >= 0.6 is 0 Å². The number of sulfonamides is 1. The first-order valence-corrected chi connectivity index (χ1v) is 7.53. The van der Waals surface area contributed by atoms with Crippen LogP contribution in [0.3, 0.4) is 0 Å². The van der Waals surface area contributed by atoms with E-state index < -0.39 is 38.6 Å². The van der Waals surface area contributed by atoms with E-state index in [9.17, 15) is 26.4 Å². The van der Waals surface area contributed by atoms with Crippen LogP contribution in [0.25, 0.3) is 0 Å². The first-order valence-electron chi connectivity index (χ1n) is 6.05. The van der Waals surface area contributed by atoms with Crippen molar-refractivity contribution in [1.29, 1.82) is 0 Å². The van der Waals surface area contributed by atoms with E-state index in [-0.39, 0.29) is 0 Å². The Kier molecular flexibility index (Phi) is 5.35. The van der Waals surface area contributed by atoms with Crippen LogP contribution in [0.4, 0.5) is 13.2 Å². The van der Waals surface area contributed by atoms with Crippen molar-refractivity contribution in [3.8, 4) is 0 Å². The van der Waals surface area contributed by atoms with Crippen LogP contribution in [0.15, 0.2) is 29.2 Å². The Morgan fingerprint density at radius 3 is 2.48 bits per heavy atom. The third-order valence-electron chi connectivity index (χ3n) is 2.55. The fourth-order valence-electron chi connectivity index (χ4n) is 1.52. The summed E-state index contributed by atoms with van der Waals surface area (Å²) in [5.74, 6) is -0.562. The predicted octanol–water partition coefficient (Wildman–Crippen LogP) is 1.51. The van der Waals surface area contributed by atoms with Gasteiger partial charge in [0.2, 0.25) is 15.9 Å². The lowest BCUT2D eigenvalue weighted by molar-refractivity contribution is -0.137. The van der Waals surface area contributed by atoms with E-state index in [1.54, 1.807) is 6.92 Å². The summed E-state index contributed by atoms with van der Waals surface area (Å²) in [5, 5.41) is 2.41. The second kappa shape index (κ2) is 6.44. The molecule has 0 unspecified atom stereocenters. The van der Waals surface area contributed by atoms with Crippen LogP contribution in [0.2, 0.25) is 0 Å². The molecule has 0 aliphatic rings. The highest BCUT2D eigenvalue weighted by atomic mass is 32.2. The molecular formula is C12H15F3N2O3S. The number of carbonyl (C=O) groups excluding carboxylic acids is 1. The Labute approximate surface area is 120 Å². The quantitative estimate of drug-likeness (QED) is 0.862. The molecule has 21 heavy (non-hydrogen) atoms. The molecule has 118 valence electrons. The largest absolute Gasteiger partial charge is 0.416 e. The predicted molar refractivity (Wildman–Crippen MR) is 69.9 cm³/mol. The molecule has 0 heterocycles. The van der Waals surface area contributed by atoms with Crippen molar-refractivity contribution in [2.24, 2.45) is 0 Å². The zero-order valence-electron chi connectivity index (χ0n) is 11.4. The fraction of sp³-hybridized carbons (Fsp3) is 0.417. The van der Waals surface area contributed by atoms with Crippen LogP contribution in [-0.4, -0.2) is 26.9 Å². The molecule has 0 aliphatic carbocycles. The first kappa shape index (κ1) is 17.4. The maximum Gasteiger partial charge on any atom is 0.416 e. The molecule has 0 spiro atoms. The molecule has 1 aromatic carbocycles. The Morgan fingerprint density at radius 2 is 1.95 bits per heavy atom. The van der Waals surface area contributed by atoms with E-state index in [1.807, 2.05) is 4.72 Å². The van der Waals surface area contributed by atoms with Gasteiger partial charge >= 0.3 is 6.18 Å². The van der Waals surface area contributed by atoms with Crippen molar-refractivity contribution in [3.63, 3.8) is 0 Å². The number of nitrogens with one attached hydrogen (secondary N) is 2. The molecule has 1 rings (SSSR count). The number of alkyl halides is 3. The molecule has 0 saturated carbocycles. The Bertz CT molecular complexity index is 614. The smallest absolute Gasteiger partial charge is 0.355 e. The minimum Gasteiger partial charge on any atom is -0.355 e. The van der Waals surface area contributed by atoms with E-state index in [1.165, 1.54) is 6.92 Å². The second-order valence-corrected chi connectivity index (χ2v) is 5.98. The summed E-state index contributed by atoms with van der Waals surface area (Å²) in [6.45, 7) is 3.27. The number of hydrogen-bond donors (Lipinski definition) is 2. The van der Waals surface area contributed by atoms with Gasteiger partial charge in [0.25, 0.3) is 0 Å². The van der Waals surface area contributed by atoms with Gasteiger partial charge in [0.1, 0.15) is 0 Å². The summed E-state index contributed by atoms with van der Waals surface area (Å²) < 4.78 is 63.7. The molecule has 0 fully saturated rings.